The minimum Gasteiger partial charge on any atom is -0.354 e. The van der Waals surface area contributed by atoms with Crippen LogP contribution in [0.1, 0.15) is 37.8 Å². The van der Waals surface area contributed by atoms with E-state index < -0.39 is 0 Å². The molecule has 0 saturated carbocycles. The number of rotatable bonds is 5. The summed E-state index contributed by atoms with van der Waals surface area (Å²) in [6, 6.07) is 17.0. The van der Waals surface area contributed by atoms with Gasteiger partial charge in [-0.1, -0.05) is 18.2 Å². The van der Waals surface area contributed by atoms with Crippen molar-refractivity contribution in [1.82, 2.24) is 24.9 Å². The summed E-state index contributed by atoms with van der Waals surface area (Å²) < 4.78 is 15.7. The summed E-state index contributed by atoms with van der Waals surface area (Å²) in [6.45, 7) is 3.99. The molecule has 2 unspecified atom stereocenters. The maximum Gasteiger partial charge on any atom is 0.217 e. The van der Waals surface area contributed by atoms with Gasteiger partial charge in [0.25, 0.3) is 0 Å². The molecule has 2 saturated heterocycles. The van der Waals surface area contributed by atoms with Gasteiger partial charge in [0.15, 0.2) is 5.65 Å². The van der Waals surface area contributed by atoms with Gasteiger partial charge in [-0.15, -0.1) is 5.10 Å². The van der Waals surface area contributed by atoms with Crippen LogP contribution in [0, 0.1) is 5.82 Å². The molecule has 0 aliphatic carbocycles. The molecule has 2 aliphatic rings. The summed E-state index contributed by atoms with van der Waals surface area (Å²) in [4.78, 5) is 25.3. The smallest absolute Gasteiger partial charge is 0.217 e. The van der Waals surface area contributed by atoms with Gasteiger partial charge in [-0.3, -0.25) is 4.79 Å². The molecule has 184 valence electrons. The number of halogens is 1. The Hall–Kier alpha value is -4.01. The van der Waals surface area contributed by atoms with Crippen LogP contribution in [0.2, 0.25) is 0 Å². The lowest BCUT2D eigenvalue weighted by molar-refractivity contribution is -0.119. The molecule has 0 bridgehead atoms. The van der Waals surface area contributed by atoms with E-state index in [0.29, 0.717) is 0 Å². The molecule has 36 heavy (non-hydrogen) atoms. The average molecular weight is 486 g/mol. The van der Waals surface area contributed by atoms with Crippen LogP contribution in [0.25, 0.3) is 17.0 Å². The van der Waals surface area contributed by atoms with E-state index in [2.05, 4.69) is 20.1 Å². The molecular formula is C27H28FN7O. The molecule has 2 aliphatic heterocycles. The number of nitrogens with zero attached hydrogens (tertiary/aromatic N) is 6. The number of carbonyl (C=O) groups is 1. The van der Waals surface area contributed by atoms with Crippen LogP contribution in [0.3, 0.4) is 0 Å². The number of hydrogen-bond acceptors (Lipinski definition) is 6. The molecule has 6 rings (SSSR count). The average Bonchev–Trinajstić information content (AvgIpc) is 3.63. The van der Waals surface area contributed by atoms with Crippen molar-refractivity contribution in [3.8, 4) is 11.4 Å². The number of nitrogens with one attached hydrogen (secondary N) is 1. The summed E-state index contributed by atoms with van der Waals surface area (Å²) in [5.74, 6) is 1.49. The zero-order valence-electron chi connectivity index (χ0n) is 20.1. The molecule has 5 heterocycles. The van der Waals surface area contributed by atoms with Gasteiger partial charge in [0.1, 0.15) is 23.1 Å². The monoisotopic (exact) mass is 485 g/mol. The van der Waals surface area contributed by atoms with Crippen molar-refractivity contribution in [1.29, 1.82) is 0 Å². The molecule has 1 aromatic carbocycles. The van der Waals surface area contributed by atoms with Crippen LogP contribution >= 0.6 is 0 Å². The number of aromatic nitrogens is 4. The van der Waals surface area contributed by atoms with Gasteiger partial charge in [-0.2, -0.15) is 0 Å². The highest BCUT2D eigenvalue weighted by atomic mass is 19.1. The Balaban J connectivity index is 1.30. The third kappa shape index (κ3) is 4.25. The summed E-state index contributed by atoms with van der Waals surface area (Å²) in [5, 5.41) is 7.95. The van der Waals surface area contributed by atoms with Crippen molar-refractivity contribution in [3.05, 3.63) is 72.2 Å². The fourth-order valence-corrected chi connectivity index (χ4v) is 5.41. The first-order chi connectivity index (χ1) is 17.5. The highest BCUT2D eigenvalue weighted by Gasteiger charge is 2.28. The van der Waals surface area contributed by atoms with Crippen LogP contribution in [0.15, 0.2) is 60.8 Å². The lowest BCUT2D eigenvalue weighted by atomic mass is 10.0. The number of imidazole rings is 1. The van der Waals surface area contributed by atoms with Crippen molar-refractivity contribution < 1.29 is 9.18 Å². The normalized spacial score (nSPS) is 19.8. The lowest BCUT2D eigenvalue weighted by Crippen LogP contribution is -2.35. The first-order valence-electron chi connectivity index (χ1n) is 12.4. The van der Waals surface area contributed by atoms with E-state index in [-0.39, 0.29) is 23.8 Å². The van der Waals surface area contributed by atoms with Gasteiger partial charge in [0.05, 0.1) is 17.9 Å². The van der Waals surface area contributed by atoms with E-state index in [0.717, 1.165) is 73.1 Å². The van der Waals surface area contributed by atoms with Gasteiger partial charge in [-0.25, -0.2) is 18.9 Å². The predicted molar refractivity (Wildman–Crippen MR) is 136 cm³/mol. The number of amides is 1. The molecular weight excluding hydrogens is 457 g/mol. The van der Waals surface area contributed by atoms with Crippen molar-refractivity contribution in [2.45, 2.75) is 38.3 Å². The van der Waals surface area contributed by atoms with E-state index in [1.807, 2.05) is 40.9 Å². The minimum absolute atomic E-state index is 0.00573. The van der Waals surface area contributed by atoms with E-state index >= 15 is 0 Å². The van der Waals surface area contributed by atoms with Gasteiger partial charge in [0.2, 0.25) is 5.91 Å². The fourth-order valence-electron chi connectivity index (χ4n) is 5.41. The molecule has 2 fully saturated rings. The number of pyridine rings is 1. The Labute approximate surface area is 208 Å². The first kappa shape index (κ1) is 22.5. The largest absolute Gasteiger partial charge is 0.354 e. The molecule has 0 radical (unpaired) electrons. The number of benzene rings is 1. The van der Waals surface area contributed by atoms with Crippen molar-refractivity contribution in [2.24, 2.45) is 0 Å². The lowest BCUT2D eigenvalue weighted by Gasteiger charge is -2.26. The Morgan fingerprint density at radius 2 is 1.94 bits per heavy atom. The van der Waals surface area contributed by atoms with E-state index in [9.17, 15) is 9.18 Å². The van der Waals surface area contributed by atoms with Gasteiger partial charge in [-0.05, 0) is 61.2 Å². The Bertz CT molecular complexity index is 1420. The molecule has 0 spiro atoms. The summed E-state index contributed by atoms with van der Waals surface area (Å²) >= 11 is 0. The van der Waals surface area contributed by atoms with E-state index in [1.165, 1.54) is 6.07 Å². The van der Waals surface area contributed by atoms with E-state index in [1.54, 1.807) is 25.3 Å². The van der Waals surface area contributed by atoms with Crippen molar-refractivity contribution in [2.75, 3.05) is 29.4 Å². The maximum atomic E-state index is 13.9. The zero-order chi connectivity index (χ0) is 24.6. The standard InChI is InChI=1S/C27H28FN7O/c1-18(36)30-21-12-14-33(17-21)26-9-3-7-22(31-26)24-16-29-25-10-11-27(32-35(24)25)34-13-4-8-23(34)19-5-2-6-20(28)15-19/h2-3,5-7,9-11,15-16,21,23H,4,8,12-14,17H2,1H3,(H,30,36). The Morgan fingerprint density at radius 1 is 1.06 bits per heavy atom. The zero-order valence-corrected chi connectivity index (χ0v) is 20.1. The second-order valence-corrected chi connectivity index (χ2v) is 9.52. The summed E-state index contributed by atoms with van der Waals surface area (Å²) in [7, 11) is 0. The molecule has 8 nitrogen and oxygen atoms in total. The van der Waals surface area contributed by atoms with Crippen LogP contribution < -0.4 is 15.1 Å². The maximum absolute atomic E-state index is 13.9. The molecule has 4 aromatic rings. The predicted octanol–water partition coefficient (Wildman–Crippen LogP) is 3.99. The van der Waals surface area contributed by atoms with Gasteiger partial charge < -0.3 is 15.1 Å². The van der Waals surface area contributed by atoms with Crippen LogP contribution in [-0.2, 0) is 4.79 Å². The topological polar surface area (TPSA) is 78.7 Å². The third-order valence-corrected chi connectivity index (χ3v) is 7.05. The number of carbonyl (C=O) groups excluding carboxylic acids is 1. The third-order valence-electron chi connectivity index (χ3n) is 7.05. The van der Waals surface area contributed by atoms with E-state index in [4.69, 9.17) is 10.1 Å². The Morgan fingerprint density at radius 3 is 2.81 bits per heavy atom. The fraction of sp³-hybridized carbons (Fsp3) is 0.333. The van der Waals surface area contributed by atoms with Crippen molar-refractivity contribution >= 4 is 23.2 Å². The molecule has 2 atom stereocenters. The first-order valence-corrected chi connectivity index (χ1v) is 12.4. The SMILES string of the molecule is CC(=O)NC1CCN(c2cccc(-c3cnc4ccc(N5CCCC5c5cccc(F)c5)nn34)n2)C1. The number of fused-ring (bicyclic) bond motifs is 1. The molecule has 3 aromatic heterocycles. The number of hydrogen-bond donors (Lipinski definition) is 1. The molecule has 1 amide bonds. The summed E-state index contributed by atoms with van der Waals surface area (Å²) in [6.07, 6.45) is 4.68. The molecule has 1 N–H and O–H groups in total. The highest BCUT2D eigenvalue weighted by molar-refractivity contribution is 5.73. The van der Waals surface area contributed by atoms with Gasteiger partial charge in [0, 0.05) is 32.6 Å². The Kier molecular flexibility index (Phi) is 5.75. The van der Waals surface area contributed by atoms with Crippen LogP contribution in [-0.4, -0.2) is 51.2 Å². The second kappa shape index (κ2) is 9.22. The van der Waals surface area contributed by atoms with Crippen LogP contribution in [0.4, 0.5) is 16.0 Å². The molecule has 9 heteroatoms. The van der Waals surface area contributed by atoms with Crippen molar-refractivity contribution in [3.63, 3.8) is 0 Å². The quantitative estimate of drug-likeness (QED) is 0.461. The minimum atomic E-state index is -0.216. The van der Waals surface area contributed by atoms with Crippen LogP contribution in [0.5, 0.6) is 0 Å². The number of anilines is 2. The second-order valence-electron chi connectivity index (χ2n) is 9.52. The summed E-state index contributed by atoms with van der Waals surface area (Å²) in [5.41, 5.74) is 3.32. The highest BCUT2D eigenvalue weighted by Crippen LogP contribution is 2.35. The van der Waals surface area contributed by atoms with Gasteiger partial charge >= 0.3 is 0 Å².